The minimum absolute atomic E-state index is 0.535. The van der Waals surface area contributed by atoms with Crippen molar-refractivity contribution in [3.05, 3.63) is 23.4 Å². The molecule has 0 unspecified atom stereocenters. The number of nitrogens with zero attached hydrogens (tertiary/aromatic N) is 2. The molecule has 4 heteroatoms. The van der Waals surface area contributed by atoms with Crippen LogP contribution in [0.1, 0.15) is 12.8 Å². The molecule has 82 valence electrons. The van der Waals surface area contributed by atoms with E-state index >= 15 is 0 Å². The van der Waals surface area contributed by atoms with Gasteiger partial charge in [-0.05, 0) is 25.0 Å². The number of rotatable bonds is 2. The third-order valence-electron chi connectivity index (χ3n) is 2.81. The van der Waals surface area contributed by atoms with Gasteiger partial charge in [-0.25, -0.2) is 4.98 Å². The molecule has 2 heterocycles. The number of anilines is 1. The summed E-state index contributed by atoms with van der Waals surface area (Å²) in [4.78, 5) is 6.51. The van der Waals surface area contributed by atoms with E-state index in [4.69, 9.17) is 16.3 Å². The van der Waals surface area contributed by atoms with Gasteiger partial charge in [0.25, 0.3) is 0 Å². The van der Waals surface area contributed by atoms with Crippen LogP contribution in [0.5, 0.6) is 0 Å². The highest BCUT2D eigenvalue weighted by Gasteiger charge is 2.19. The van der Waals surface area contributed by atoms with Gasteiger partial charge >= 0.3 is 0 Å². The molecule has 0 amide bonds. The lowest BCUT2D eigenvalue weighted by Crippen LogP contribution is -2.37. The molecule has 0 spiro atoms. The number of hydrogen-bond donors (Lipinski definition) is 0. The lowest BCUT2D eigenvalue weighted by molar-refractivity contribution is 0.0853. The molecule has 0 N–H and O–H groups in total. The van der Waals surface area contributed by atoms with Crippen LogP contribution in [0.3, 0.4) is 0 Å². The van der Waals surface area contributed by atoms with Crippen molar-refractivity contribution in [1.29, 1.82) is 0 Å². The van der Waals surface area contributed by atoms with Gasteiger partial charge in [-0.1, -0.05) is 11.6 Å². The highest BCUT2D eigenvalue weighted by Crippen LogP contribution is 2.20. The largest absolute Gasteiger partial charge is 0.381 e. The predicted molar refractivity (Wildman–Crippen MR) is 61.5 cm³/mol. The van der Waals surface area contributed by atoms with E-state index in [0.29, 0.717) is 11.1 Å². The minimum atomic E-state index is 0.535. The normalized spacial score (nSPS) is 17.7. The van der Waals surface area contributed by atoms with E-state index < -0.39 is 0 Å². The van der Waals surface area contributed by atoms with Gasteiger partial charge in [-0.15, -0.1) is 0 Å². The monoisotopic (exact) mass is 226 g/mol. The van der Waals surface area contributed by atoms with Crippen LogP contribution >= 0.6 is 11.6 Å². The summed E-state index contributed by atoms with van der Waals surface area (Å²) in [6.45, 7) is 1.70. The lowest BCUT2D eigenvalue weighted by atomic mass is 10.1. The molecule has 0 aromatic carbocycles. The quantitative estimate of drug-likeness (QED) is 0.774. The Bertz CT molecular complexity index is 309. The van der Waals surface area contributed by atoms with E-state index in [1.807, 2.05) is 12.1 Å². The molecule has 0 radical (unpaired) electrons. The van der Waals surface area contributed by atoms with Gasteiger partial charge in [0.1, 0.15) is 5.82 Å². The summed E-state index contributed by atoms with van der Waals surface area (Å²) in [6, 6.07) is 4.37. The third kappa shape index (κ3) is 2.61. The van der Waals surface area contributed by atoms with Crippen LogP contribution < -0.4 is 4.90 Å². The molecule has 1 saturated heterocycles. The van der Waals surface area contributed by atoms with Crippen LogP contribution in [-0.4, -0.2) is 31.3 Å². The summed E-state index contributed by atoms with van der Waals surface area (Å²) in [5.74, 6) is 0.978. The Morgan fingerprint density at radius 1 is 1.40 bits per heavy atom. The highest BCUT2D eigenvalue weighted by atomic mass is 35.5. The maximum absolute atomic E-state index is 5.80. The second-order valence-corrected chi connectivity index (χ2v) is 4.23. The van der Waals surface area contributed by atoms with Crippen molar-refractivity contribution in [3.63, 3.8) is 0 Å². The Kier molecular flexibility index (Phi) is 3.44. The van der Waals surface area contributed by atoms with Crippen molar-refractivity contribution in [2.45, 2.75) is 18.9 Å². The fourth-order valence-corrected chi connectivity index (χ4v) is 1.95. The number of pyridine rings is 1. The molecule has 2 rings (SSSR count). The highest BCUT2D eigenvalue weighted by molar-refractivity contribution is 6.30. The molecule has 15 heavy (non-hydrogen) atoms. The summed E-state index contributed by atoms with van der Waals surface area (Å²) in [5, 5.41) is 0.680. The summed E-state index contributed by atoms with van der Waals surface area (Å²) in [7, 11) is 2.08. The maximum atomic E-state index is 5.80. The van der Waals surface area contributed by atoms with E-state index in [9.17, 15) is 0 Å². The zero-order valence-corrected chi connectivity index (χ0v) is 9.57. The Morgan fingerprint density at radius 3 is 2.73 bits per heavy atom. The second kappa shape index (κ2) is 4.81. The average molecular weight is 227 g/mol. The van der Waals surface area contributed by atoms with Crippen LogP contribution in [0.15, 0.2) is 18.3 Å². The van der Waals surface area contributed by atoms with Crippen molar-refractivity contribution in [3.8, 4) is 0 Å². The van der Waals surface area contributed by atoms with Crippen LogP contribution in [0.2, 0.25) is 5.02 Å². The first-order valence-corrected chi connectivity index (χ1v) is 5.57. The Hall–Kier alpha value is -0.800. The molecule has 0 atom stereocenters. The van der Waals surface area contributed by atoms with Gasteiger partial charge in [0.2, 0.25) is 0 Å². The molecule has 1 aromatic rings. The average Bonchev–Trinajstić information content (AvgIpc) is 2.30. The van der Waals surface area contributed by atoms with Gasteiger partial charge in [0, 0.05) is 32.5 Å². The van der Waals surface area contributed by atoms with Gasteiger partial charge < -0.3 is 9.64 Å². The topological polar surface area (TPSA) is 25.4 Å². The fourth-order valence-electron chi connectivity index (χ4n) is 1.84. The molecule has 1 aliphatic rings. The molecule has 3 nitrogen and oxygen atoms in total. The first-order chi connectivity index (χ1) is 7.27. The van der Waals surface area contributed by atoms with E-state index in [0.717, 1.165) is 31.9 Å². The van der Waals surface area contributed by atoms with Crippen molar-refractivity contribution >= 4 is 17.4 Å². The number of halogens is 1. The molecule has 0 saturated carbocycles. The Morgan fingerprint density at radius 2 is 2.13 bits per heavy atom. The van der Waals surface area contributed by atoms with Crippen LogP contribution in [-0.2, 0) is 4.74 Å². The molecule has 0 aliphatic carbocycles. The van der Waals surface area contributed by atoms with E-state index in [1.165, 1.54) is 0 Å². The molecule has 1 aromatic heterocycles. The van der Waals surface area contributed by atoms with Gasteiger partial charge in [0.15, 0.2) is 0 Å². The van der Waals surface area contributed by atoms with E-state index in [-0.39, 0.29) is 0 Å². The van der Waals surface area contributed by atoms with Gasteiger partial charge in [0.05, 0.1) is 5.02 Å². The van der Waals surface area contributed by atoms with Crippen molar-refractivity contribution in [1.82, 2.24) is 4.98 Å². The second-order valence-electron chi connectivity index (χ2n) is 3.79. The number of ether oxygens (including phenoxy) is 1. The standard InChI is InChI=1S/C11H15ClN2O/c1-14(10-4-6-15-7-5-10)11-3-2-9(12)8-13-11/h2-3,8,10H,4-7H2,1H3. The molecular weight excluding hydrogens is 212 g/mol. The molecule has 0 bridgehead atoms. The summed E-state index contributed by atoms with van der Waals surface area (Å²) >= 11 is 5.80. The van der Waals surface area contributed by atoms with Gasteiger partial charge in [-0.3, -0.25) is 0 Å². The molecule has 1 aliphatic heterocycles. The number of aromatic nitrogens is 1. The van der Waals surface area contributed by atoms with Crippen LogP contribution in [0, 0.1) is 0 Å². The Labute approximate surface area is 95.0 Å². The predicted octanol–water partition coefficient (Wildman–Crippen LogP) is 2.35. The summed E-state index contributed by atoms with van der Waals surface area (Å²) in [5.41, 5.74) is 0. The van der Waals surface area contributed by atoms with Crippen molar-refractivity contribution < 1.29 is 4.74 Å². The lowest BCUT2D eigenvalue weighted by Gasteiger charge is -2.31. The summed E-state index contributed by atoms with van der Waals surface area (Å²) < 4.78 is 5.34. The first-order valence-electron chi connectivity index (χ1n) is 5.19. The maximum Gasteiger partial charge on any atom is 0.128 e. The van der Waals surface area contributed by atoms with Crippen LogP contribution in [0.25, 0.3) is 0 Å². The van der Waals surface area contributed by atoms with E-state index in [1.54, 1.807) is 6.20 Å². The zero-order valence-electron chi connectivity index (χ0n) is 8.82. The van der Waals surface area contributed by atoms with Crippen LogP contribution in [0.4, 0.5) is 5.82 Å². The summed E-state index contributed by atoms with van der Waals surface area (Å²) in [6.07, 6.45) is 3.83. The molecular formula is C11H15ClN2O. The third-order valence-corrected chi connectivity index (χ3v) is 3.04. The van der Waals surface area contributed by atoms with Gasteiger partial charge in [-0.2, -0.15) is 0 Å². The minimum Gasteiger partial charge on any atom is -0.381 e. The SMILES string of the molecule is CN(c1ccc(Cl)cn1)C1CCOCC1. The zero-order chi connectivity index (χ0) is 10.7. The number of hydrogen-bond acceptors (Lipinski definition) is 3. The first kappa shape index (κ1) is 10.7. The fraction of sp³-hybridized carbons (Fsp3) is 0.545. The molecule has 1 fully saturated rings. The van der Waals surface area contributed by atoms with E-state index in [2.05, 4.69) is 16.9 Å². The smallest absolute Gasteiger partial charge is 0.128 e. The van der Waals surface area contributed by atoms with Crippen molar-refractivity contribution in [2.24, 2.45) is 0 Å². The van der Waals surface area contributed by atoms with Crippen molar-refractivity contribution in [2.75, 3.05) is 25.2 Å². The Balaban J connectivity index is 2.05.